The van der Waals surface area contributed by atoms with E-state index in [-0.39, 0.29) is 17.3 Å². The number of rotatable bonds is 3. The Balaban J connectivity index is 1.99. The summed E-state index contributed by atoms with van der Waals surface area (Å²) in [7, 11) is 0. The maximum Gasteiger partial charge on any atom is 0.315 e. The summed E-state index contributed by atoms with van der Waals surface area (Å²) in [4.78, 5) is 12.0. The van der Waals surface area contributed by atoms with Gasteiger partial charge in [0.25, 0.3) is 0 Å². The second kappa shape index (κ2) is 5.43. The standard InChI is InChI=1S/C17H19ClN2O2/c1-17(2,3)14-10-15(22-16(21)11-4-5-11)20(19-14)13-8-6-12(18)7-9-13/h6-11H,4-5H2,1-3H3. The number of hydrogen-bond donors (Lipinski definition) is 0. The molecule has 3 rings (SSSR count). The largest absolute Gasteiger partial charge is 0.407 e. The first-order valence-corrected chi connectivity index (χ1v) is 7.80. The lowest BCUT2D eigenvalue weighted by molar-refractivity contribution is -0.136. The van der Waals surface area contributed by atoms with Gasteiger partial charge in [-0.1, -0.05) is 32.4 Å². The molecule has 0 saturated heterocycles. The molecule has 0 unspecified atom stereocenters. The maximum absolute atomic E-state index is 12.0. The number of ether oxygens (including phenoxy) is 1. The Bertz CT molecular complexity index is 694. The van der Waals surface area contributed by atoms with Crippen molar-refractivity contribution in [2.75, 3.05) is 0 Å². The van der Waals surface area contributed by atoms with Gasteiger partial charge in [-0.05, 0) is 37.1 Å². The fraction of sp³-hybridized carbons (Fsp3) is 0.412. The lowest BCUT2D eigenvalue weighted by Crippen LogP contribution is -2.13. The highest BCUT2D eigenvalue weighted by atomic mass is 35.5. The molecule has 1 aliphatic rings. The van der Waals surface area contributed by atoms with Crippen LogP contribution in [0.1, 0.15) is 39.3 Å². The van der Waals surface area contributed by atoms with E-state index in [9.17, 15) is 4.79 Å². The normalized spacial score (nSPS) is 14.9. The van der Waals surface area contributed by atoms with Gasteiger partial charge >= 0.3 is 5.97 Å². The number of carbonyl (C=O) groups excluding carboxylic acids is 1. The predicted molar refractivity (Wildman–Crippen MR) is 85.6 cm³/mol. The van der Waals surface area contributed by atoms with E-state index in [1.54, 1.807) is 16.8 Å². The monoisotopic (exact) mass is 318 g/mol. The summed E-state index contributed by atoms with van der Waals surface area (Å²) in [6.45, 7) is 6.23. The van der Waals surface area contributed by atoms with Crippen LogP contribution in [-0.4, -0.2) is 15.7 Å². The molecule has 2 aromatic rings. The first-order chi connectivity index (χ1) is 10.3. The van der Waals surface area contributed by atoms with Crippen molar-refractivity contribution >= 4 is 17.6 Å². The van der Waals surface area contributed by atoms with Crippen LogP contribution in [0.15, 0.2) is 30.3 Å². The molecule has 1 aliphatic carbocycles. The van der Waals surface area contributed by atoms with E-state index in [1.807, 2.05) is 18.2 Å². The molecule has 0 N–H and O–H groups in total. The van der Waals surface area contributed by atoms with Crippen molar-refractivity contribution < 1.29 is 9.53 Å². The van der Waals surface area contributed by atoms with Crippen molar-refractivity contribution in [1.29, 1.82) is 0 Å². The van der Waals surface area contributed by atoms with Crippen LogP contribution in [0.5, 0.6) is 5.88 Å². The minimum absolute atomic E-state index is 0.0478. The maximum atomic E-state index is 12.0. The van der Waals surface area contributed by atoms with Crippen LogP contribution in [0, 0.1) is 5.92 Å². The van der Waals surface area contributed by atoms with Crippen molar-refractivity contribution in [2.45, 2.75) is 39.0 Å². The van der Waals surface area contributed by atoms with Crippen LogP contribution < -0.4 is 4.74 Å². The van der Waals surface area contributed by atoms with Crippen molar-refractivity contribution in [2.24, 2.45) is 5.92 Å². The number of esters is 1. The van der Waals surface area contributed by atoms with Gasteiger partial charge in [-0.15, -0.1) is 0 Å². The van der Waals surface area contributed by atoms with Crippen molar-refractivity contribution in [3.63, 3.8) is 0 Å². The Morgan fingerprint density at radius 3 is 2.45 bits per heavy atom. The molecule has 1 fully saturated rings. The summed E-state index contributed by atoms with van der Waals surface area (Å²) in [6.07, 6.45) is 1.83. The molecule has 116 valence electrons. The zero-order chi connectivity index (χ0) is 15.9. The van der Waals surface area contributed by atoms with E-state index >= 15 is 0 Å². The van der Waals surface area contributed by atoms with Crippen LogP contribution >= 0.6 is 11.6 Å². The van der Waals surface area contributed by atoms with Crippen LogP contribution in [0.4, 0.5) is 0 Å². The van der Waals surface area contributed by atoms with Gasteiger partial charge in [0.2, 0.25) is 5.88 Å². The Hall–Kier alpha value is -1.81. The van der Waals surface area contributed by atoms with E-state index in [2.05, 4.69) is 25.9 Å². The first-order valence-electron chi connectivity index (χ1n) is 7.43. The summed E-state index contributed by atoms with van der Waals surface area (Å²) in [5.41, 5.74) is 1.57. The molecule has 1 aromatic heterocycles. The zero-order valence-corrected chi connectivity index (χ0v) is 13.7. The van der Waals surface area contributed by atoms with E-state index in [0.29, 0.717) is 10.9 Å². The molecule has 22 heavy (non-hydrogen) atoms. The molecule has 0 radical (unpaired) electrons. The molecule has 0 spiro atoms. The summed E-state index contributed by atoms with van der Waals surface area (Å²) >= 11 is 5.94. The fourth-order valence-corrected chi connectivity index (χ4v) is 2.20. The third kappa shape index (κ3) is 3.17. The van der Waals surface area contributed by atoms with Gasteiger partial charge in [0.1, 0.15) is 0 Å². The highest BCUT2D eigenvalue weighted by Crippen LogP contribution is 2.33. The lowest BCUT2D eigenvalue weighted by atomic mass is 9.93. The molecule has 0 bridgehead atoms. The van der Waals surface area contributed by atoms with Crippen LogP contribution in [-0.2, 0) is 10.2 Å². The molecule has 4 nitrogen and oxygen atoms in total. The minimum Gasteiger partial charge on any atom is -0.407 e. The van der Waals surface area contributed by atoms with Crippen LogP contribution in [0.2, 0.25) is 5.02 Å². The number of aromatic nitrogens is 2. The number of carbonyl (C=O) groups is 1. The molecule has 0 amide bonds. The second-order valence-corrected chi connectivity index (χ2v) is 7.14. The van der Waals surface area contributed by atoms with Gasteiger partial charge in [-0.25, -0.2) is 4.68 Å². The average molecular weight is 319 g/mol. The topological polar surface area (TPSA) is 44.1 Å². The smallest absolute Gasteiger partial charge is 0.315 e. The van der Waals surface area contributed by atoms with Gasteiger partial charge < -0.3 is 4.74 Å². The summed E-state index contributed by atoms with van der Waals surface area (Å²) in [5.74, 6) is 0.339. The van der Waals surface area contributed by atoms with E-state index < -0.39 is 0 Å². The van der Waals surface area contributed by atoms with Gasteiger partial charge in [0.15, 0.2) is 0 Å². The van der Waals surface area contributed by atoms with E-state index in [0.717, 1.165) is 24.2 Å². The predicted octanol–water partition coefficient (Wildman–Crippen LogP) is 4.14. The van der Waals surface area contributed by atoms with Crippen molar-refractivity contribution in [3.8, 4) is 11.6 Å². The molecular formula is C17H19ClN2O2. The highest BCUT2D eigenvalue weighted by molar-refractivity contribution is 6.30. The first kappa shape index (κ1) is 15.1. The molecule has 5 heteroatoms. The van der Waals surface area contributed by atoms with Crippen molar-refractivity contribution in [1.82, 2.24) is 9.78 Å². The van der Waals surface area contributed by atoms with Crippen LogP contribution in [0.25, 0.3) is 5.69 Å². The lowest BCUT2D eigenvalue weighted by Gasteiger charge is -2.13. The van der Waals surface area contributed by atoms with Gasteiger partial charge in [0.05, 0.1) is 17.3 Å². The van der Waals surface area contributed by atoms with Crippen molar-refractivity contribution in [3.05, 3.63) is 41.0 Å². The number of halogens is 1. The Labute approximate surface area is 135 Å². The number of hydrogen-bond acceptors (Lipinski definition) is 3. The molecule has 1 saturated carbocycles. The average Bonchev–Trinajstić information content (AvgIpc) is 3.20. The summed E-state index contributed by atoms with van der Waals surface area (Å²) in [5, 5.41) is 5.27. The Morgan fingerprint density at radius 1 is 1.27 bits per heavy atom. The van der Waals surface area contributed by atoms with Gasteiger partial charge in [-0.3, -0.25) is 4.79 Å². The SMILES string of the molecule is CC(C)(C)c1cc(OC(=O)C2CC2)n(-c2ccc(Cl)cc2)n1. The zero-order valence-electron chi connectivity index (χ0n) is 13.0. The minimum atomic E-state index is -0.171. The third-order valence-electron chi connectivity index (χ3n) is 3.63. The molecule has 0 aliphatic heterocycles. The second-order valence-electron chi connectivity index (χ2n) is 6.70. The molecule has 1 heterocycles. The fourth-order valence-electron chi connectivity index (χ4n) is 2.08. The number of nitrogens with zero attached hydrogens (tertiary/aromatic N) is 2. The Morgan fingerprint density at radius 2 is 1.91 bits per heavy atom. The molecule has 0 atom stereocenters. The van der Waals surface area contributed by atoms with Gasteiger partial charge in [-0.2, -0.15) is 5.10 Å². The van der Waals surface area contributed by atoms with Gasteiger partial charge in [0, 0.05) is 16.5 Å². The van der Waals surface area contributed by atoms with Crippen LogP contribution in [0.3, 0.4) is 0 Å². The summed E-state index contributed by atoms with van der Waals surface area (Å²) in [6, 6.07) is 9.14. The third-order valence-corrected chi connectivity index (χ3v) is 3.88. The molecule has 1 aromatic carbocycles. The quantitative estimate of drug-likeness (QED) is 0.799. The highest BCUT2D eigenvalue weighted by Gasteiger charge is 2.33. The Kier molecular flexibility index (Phi) is 3.73. The number of benzene rings is 1. The molecular weight excluding hydrogens is 300 g/mol. The summed E-state index contributed by atoms with van der Waals surface area (Å²) < 4.78 is 7.22. The van der Waals surface area contributed by atoms with E-state index in [1.165, 1.54) is 0 Å². The van der Waals surface area contributed by atoms with E-state index in [4.69, 9.17) is 16.3 Å².